The van der Waals surface area contributed by atoms with Gasteiger partial charge in [0, 0.05) is 23.8 Å². The summed E-state index contributed by atoms with van der Waals surface area (Å²) >= 11 is 5.95. The van der Waals surface area contributed by atoms with Gasteiger partial charge in [0.25, 0.3) is 5.91 Å². The molecule has 2 N–H and O–H groups in total. The van der Waals surface area contributed by atoms with Crippen LogP contribution in [0.3, 0.4) is 0 Å². The Bertz CT molecular complexity index is 673. The van der Waals surface area contributed by atoms with Crippen LogP contribution in [-0.2, 0) is 0 Å². The normalized spacial score (nSPS) is 10.7. The van der Waals surface area contributed by atoms with Crippen molar-refractivity contribution in [2.75, 3.05) is 37.8 Å². The minimum Gasteiger partial charge on any atom is -0.368 e. The summed E-state index contributed by atoms with van der Waals surface area (Å²) in [6.07, 6.45) is 3.00. The van der Waals surface area contributed by atoms with Crippen molar-refractivity contribution in [3.05, 3.63) is 46.9 Å². The number of rotatable bonds is 6. The maximum Gasteiger partial charge on any atom is 0.275 e. The number of amides is 1. The van der Waals surface area contributed by atoms with Gasteiger partial charge in [-0.2, -0.15) is 0 Å². The van der Waals surface area contributed by atoms with Crippen molar-refractivity contribution < 1.29 is 4.79 Å². The number of aromatic nitrogens is 2. The number of hydrogen-bond acceptors (Lipinski definition) is 5. The Kier molecular flexibility index (Phi) is 5.90. The predicted octanol–water partition coefficient (Wildman–Crippen LogP) is 2.66. The number of aryl methyl sites for hydroxylation is 1. The molecule has 1 heterocycles. The molecule has 0 fully saturated rings. The number of nitrogens with zero attached hydrogens (tertiary/aromatic N) is 3. The van der Waals surface area contributed by atoms with Gasteiger partial charge in [-0.15, -0.1) is 0 Å². The predicted molar refractivity (Wildman–Crippen MR) is 93.2 cm³/mol. The first-order chi connectivity index (χ1) is 11.0. The maximum atomic E-state index is 12.2. The molecule has 122 valence electrons. The van der Waals surface area contributed by atoms with Crippen molar-refractivity contribution >= 4 is 29.0 Å². The quantitative estimate of drug-likeness (QED) is 0.850. The van der Waals surface area contributed by atoms with E-state index in [2.05, 4.69) is 25.5 Å². The first-order valence-electron chi connectivity index (χ1n) is 7.24. The fraction of sp³-hybridized carbons (Fsp3) is 0.312. The van der Waals surface area contributed by atoms with E-state index < -0.39 is 0 Å². The summed E-state index contributed by atoms with van der Waals surface area (Å²) < 4.78 is 0. The minimum absolute atomic E-state index is 0.252. The van der Waals surface area contributed by atoms with Crippen LogP contribution in [0.5, 0.6) is 0 Å². The molecule has 6 nitrogen and oxygen atoms in total. The second-order valence-electron chi connectivity index (χ2n) is 5.43. The summed E-state index contributed by atoms with van der Waals surface area (Å²) in [4.78, 5) is 22.6. The van der Waals surface area contributed by atoms with Crippen LogP contribution in [-0.4, -0.2) is 48.0 Å². The van der Waals surface area contributed by atoms with Crippen LogP contribution in [0.25, 0.3) is 0 Å². The topological polar surface area (TPSA) is 70.2 Å². The number of carbonyl (C=O) groups excluding carboxylic acids is 1. The highest BCUT2D eigenvalue weighted by Gasteiger charge is 2.10. The molecule has 1 aromatic carbocycles. The van der Waals surface area contributed by atoms with E-state index in [1.54, 1.807) is 18.3 Å². The van der Waals surface area contributed by atoms with Gasteiger partial charge in [-0.3, -0.25) is 4.79 Å². The van der Waals surface area contributed by atoms with Gasteiger partial charge in [-0.1, -0.05) is 17.7 Å². The molecular formula is C16H20ClN5O. The highest BCUT2D eigenvalue weighted by molar-refractivity contribution is 6.31. The molecule has 7 heteroatoms. The molecule has 1 amide bonds. The molecule has 0 unspecified atom stereocenters. The number of benzene rings is 1. The minimum atomic E-state index is -0.317. The second kappa shape index (κ2) is 7.89. The summed E-state index contributed by atoms with van der Waals surface area (Å²) in [5.41, 5.74) is 1.85. The van der Waals surface area contributed by atoms with E-state index in [-0.39, 0.29) is 11.6 Å². The van der Waals surface area contributed by atoms with Crippen LogP contribution in [0.15, 0.2) is 30.6 Å². The van der Waals surface area contributed by atoms with E-state index >= 15 is 0 Å². The van der Waals surface area contributed by atoms with Crippen LogP contribution in [0.1, 0.15) is 16.1 Å². The molecule has 0 atom stereocenters. The molecule has 23 heavy (non-hydrogen) atoms. The fourth-order valence-corrected chi connectivity index (χ4v) is 2.03. The van der Waals surface area contributed by atoms with E-state index in [0.29, 0.717) is 16.5 Å². The van der Waals surface area contributed by atoms with Gasteiger partial charge >= 0.3 is 0 Å². The molecule has 0 radical (unpaired) electrons. The zero-order valence-corrected chi connectivity index (χ0v) is 14.2. The van der Waals surface area contributed by atoms with E-state index in [0.717, 1.165) is 18.7 Å². The van der Waals surface area contributed by atoms with Gasteiger partial charge in [0.1, 0.15) is 11.5 Å². The number of nitrogens with one attached hydrogen (secondary N) is 2. The number of likely N-dealkylation sites (N-methyl/N-ethyl adjacent to an activating group) is 1. The summed E-state index contributed by atoms with van der Waals surface area (Å²) in [5.74, 6) is 0.324. The Morgan fingerprint density at radius 1 is 1.26 bits per heavy atom. The number of carbonyl (C=O) groups is 1. The van der Waals surface area contributed by atoms with Gasteiger partial charge in [-0.25, -0.2) is 9.97 Å². The lowest BCUT2D eigenvalue weighted by atomic mass is 10.2. The molecule has 0 aliphatic heterocycles. The zero-order valence-electron chi connectivity index (χ0n) is 13.4. The highest BCUT2D eigenvalue weighted by atomic mass is 35.5. The standard InChI is InChI=1S/C16H20ClN5O/c1-11-4-5-12(17)8-13(11)21-16(23)14-9-20-15(10-19-14)18-6-7-22(2)3/h4-5,8-10H,6-7H2,1-3H3,(H,18,20)(H,21,23). The Labute approximate surface area is 140 Å². The summed E-state index contributed by atoms with van der Waals surface area (Å²) in [6.45, 7) is 3.54. The van der Waals surface area contributed by atoms with Crippen LogP contribution in [0.4, 0.5) is 11.5 Å². The maximum absolute atomic E-state index is 12.2. The van der Waals surface area contributed by atoms with Crippen LogP contribution in [0, 0.1) is 6.92 Å². The molecule has 0 spiro atoms. The van der Waals surface area contributed by atoms with Crippen molar-refractivity contribution in [1.29, 1.82) is 0 Å². The summed E-state index contributed by atoms with van der Waals surface area (Å²) in [7, 11) is 4.00. The van der Waals surface area contributed by atoms with Crippen LogP contribution in [0.2, 0.25) is 5.02 Å². The third-order valence-corrected chi connectivity index (χ3v) is 3.43. The first kappa shape index (κ1) is 17.2. The van der Waals surface area contributed by atoms with E-state index in [4.69, 9.17) is 11.6 Å². The lowest BCUT2D eigenvalue weighted by Gasteiger charge is -2.11. The van der Waals surface area contributed by atoms with Crippen molar-refractivity contribution in [2.24, 2.45) is 0 Å². The number of anilines is 2. The van der Waals surface area contributed by atoms with Gasteiger partial charge in [-0.05, 0) is 38.7 Å². The molecule has 1 aromatic heterocycles. The molecule has 0 aliphatic rings. The lowest BCUT2D eigenvalue weighted by molar-refractivity contribution is 0.102. The Morgan fingerprint density at radius 2 is 2.04 bits per heavy atom. The SMILES string of the molecule is Cc1ccc(Cl)cc1NC(=O)c1cnc(NCCN(C)C)cn1. The molecule has 2 aromatic rings. The van der Waals surface area contributed by atoms with Crippen LogP contribution < -0.4 is 10.6 Å². The monoisotopic (exact) mass is 333 g/mol. The molecular weight excluding hydrogens is 314 g/mol. The number of halogens is 1. The zero-order chi connectivity index (χ0) is 16.8. The Hall–Kier alpha value is -2.18. The Morgan fingerprint density at radius 3 is 2.70 bits per heavy atom. The fourth-order valence-electron chi connectivity index (χ4n) is 1.86. The first-order valence-corrected chi connectivity index (χ1v) is 7.61. The van der Waals surface area contributed by atoms with Crippen LogP contribution >= 0.6 is 11.6 Å². The highest BCUT2D eigenvalue weighted by Crippen LogP contribution is 2.20. The largest absolute Gasteiger partial charge is 0.368 e. The van der Waals surface area contributed by atoms with Gasteiger partial charge < -0.3 is 15.5 Å². The molecule has 0 saturated heterocycles. The summed E-state index contributed by atoms with van der Waals surface area (Å²) in [6, 6.07) is 5.33. The van der Waals surface area contributed by atoms with Crippen molar-refractivity contribution in [3.63, 3.8) is 0 Å². The number of hydrogen-bond donors (Lipinski definition) is 2. The van der Waals surface area contributed by atoms with E-state index in [9.17, 15) is 4.79 Å². The Balaban J connectivity index is 1.98. The smallest absolute Gasteiger partial charge is 0.275 e. The molecule has 0 saturated carbocycles. The van der Waals surface area contributed by atoms with Gasteiger partial charge in [0.15, 0.2) is 0 Å². The average molecular weight is 334 g/mol. The lowest BCUT2D eigenvalue weighted by Crippen LogP contribution is -2.21. The molecule has 2 rings (SSSR count). The van der Waals surface area contributed by atoms with Crippen molar-refractivity contribution in [2.45, 2.75) is 6.92 Å². The molecule has 0 aliphatic carbocycles. The van der Waals surface area contributed by atoms with Gasteiger partial charge in [0.05, 0.1) is 12.4 Å². The van der Waals surface area contributed by atoms with Crippen molar-refractivity contribution in [3.8, 4) is 0 Å². The van der Waals surface area contributed by atoms with Gasteiger partial charge in [0.2, 0.25) is 0 Å². The average Bonchev–Trinajstić information content (AvgIpc) is 2.51. The molecule has 0 bridgehead atoms. The second-order valence-corrected chi connectivity index (χ2v) is 5.87. The van der Waals surface area contributed by atoms with E-state index in [1.165, 1.54) is 6.20 Å². The third-order valence-electron chi connectivity index (χ3n) is 3.20. The van der Waals surface area contributed by atoms with E-state index in [1.807, 2.05) is 27.1 Å². The summed E-state index contributed by atoms with van der Waals surface area (Å²) in [5, 5.41) is 6.50. The van der Waals surface area contributed by atoms with Crippen molar-refractivity contribution in [1.82, 2.24) is 14.9 Å². The third kappa shape index (κ3) is 5.19.